The van der Waals surface area contributed by atoms with E-state index in [1.807, 2.05) is 36.4 Å². The molecule has 0 radical (unpaired) electrons. The van der Waals surface area contributed by atoms with Crippen molar-refractivity contribution in [3.05, 3.63) is 77.6 Å². The Bertz CT molecular complexity index is 958. The van der Waals surface area contributed by atoms with Crippen molar-refractivity contribution >= 4 is 28.7 Å². The van der Waals surface area contributed by atoms with Crippen molar-refractivity contribution in [1.82, 2.24) is 4.98 Å². The van der Waals surface area contributed by atoms with Crippen LogP contribution in [0.5, 0.6) is 0 Å². The fraction of sp³-hybridized carbons (Fsp3) is 0.250. The van der Waals surface area contributed by atoms with Gasteiger partial charge in [0.1, 0.15) is 0 Å². The fourth-order valence-corrected chi connectivity index (χ4v) is 3.34. The summed E-state index contributed by atoms with van der Waals surface area (Å²) in [5.74, 6) is -0.182. The van der Waals surface area contributed by atoms with Crippen LogP contribution in [-0.4, -0.2) is 24.0 Å². The summed E-state index contributed by atoms with van der Waals surface area (Å²) in [6, 6.07) is 15.9. The maximum absolute atomic E-state index is 12.7. The zero-order valence-corrected chi connectivity index (χ0v) is 17.5. The molecule has 0 saturated carbocycles. The minimum atomic E-state index is -0.182. The molecule has 2 N–H and O–H groups in total. The van der Waals surface area contributed by atoms with Gasteiger partial charge < -0.3 is 15.5 Å². The Hall–Kier alpha value is -3.34. The number of carbonyl (C=O) groups excluding carboxylic acids is 1. The van der Waals surface area contributed by atoms with Gasteiger partial charge in [0, 0.05) is 36.3 Å². The number of benzene rings is 2. The second kappa shape index (κ2) is 9.24. The summed E-state index contributed by atoms with van der Waals surface area (Å²) in [5, 5.41) is 6.33. The van der Waals surface area contributed by atoms with Gasteiger partial charge in [-0.2, -0.15) is 0 Å². The lowest BCUT2D eigenvalue weighted by molar-refractivity contribution is 0.102. The molecule has 2 aromatic carbocycles. The highest BCUT2D eigenvalue weighted by molar-refractivity contribution is 6.04. The van der Waals surface area contributed by atoms with Crippen LogP contribution in [0.3, 0.4) is 0 Å². The highest BCUT2D eigenvalue weighted by Crippen LogP contribution is 2.24. The van der Waals surface area contributed by atoms with Crippen LogP contribution in [-0.2, 0) is 0 Å². The topological polar surface area (TPSA) is 57.3 Å². The van der Waals surface area contributed by atoms with Crippen LogP contribution in [0.4, 0.5) is 22.7 Å². The third kappa shape index (κ3) is 4.93. The van der Waals surface area contributed by atoms with E-state index < -0.39 is 0 Å². The molecule has 5 nitrogen and oxygen atoms in total. The lowest BCUT2D eigenvalue weighted by Gasteiger charge is -2.21. The Balaban J connectivity index is 1.73. The molecule has 0 atom stereocenters. The first-order chi connectivity index (χ1) is 14.0. The third-order valence-corrected chi connectivity index (χ3v) is 5.00. The maximum Gasteiger partial charge on any atom is 0.257 e. The van der Waals surface area contributed by atoms with E-state index in [-0.39, 0.29) is 5.91 Å². The van der Waals surface area contributed by atoms with E-state index in [0.717, 1.165) is 47.0 Å². The third-order valence-electron chi connectivity index (χ3n) is 5.00. The molecule has 3 aromatic rings. The molecule has 150 valence electrons. The number of aryl methyl sites for hydroxylation is 2. The molecule has 1 amide bonds. The molecule has 0 fully saturated rings. The van der Waals surface area contributed by atoms with Gasteiger partial charge in [0.15, 0.2) is 0 Å². The van der Waals surface area contributed by atoms with E-state index in [9.17, 15) is 4.79 Å². The lowest BCUT2D eigenvalue weighted by Crippen LogP contribution is -2.21. The second-order valence-corrected chi connectivity index (χ2v) is 7.03. The first kappa shape index (κ1) is 20.4. The molecule has 29 heavy (non-hydrogen) atoms. The van der Waals surface area contributed by atoms with Gasteiger partial charge in [-0.3, -0.25) is 9.78 Å². The number of para-hydroxylation sites is 1. The molecule has 0 saturated heterocycles. The molecule has 0 aliphatic rings. The number of aromatic nitrogens is 1. The normalized spacial score (nSPS) is 10.5. The fourth-order valence-electron chi connectivity index (χ4n) is 3.34. The zero-order valence-electron chi connectivity index (χ0n) is 17.5. The van der Waals surface area contributed by atoms with Crippen molar-refractivity contribution in [2.45, 2.75) is 27.7 Å². The summed E-state index contributed by atoms with van der Waals surface area (Å²) < 4.78 is 0. The first-order valence-corrected chi connectivity index (χ1v) is 9.96. The molecule has 1 heterocycles. The Morgan fingerprint density at radius 3 is 2.21 bits per heavy atom. The van der Waals surface area contributed by atoms with Crippen LogP contribution < -0.4 is 15.5 Å². The number of hydrogen-bond donors (Lipinski definition) is 2. The SMILES string of the molecule is CCN(CC)c1ccc(NC(=O)c2cncc(Nc3c(C)cccc3C)c2)cc1. The van der Waals surface area contributed by atoms with E-state index in [1.54, 1.807) is 12.4 Å². The molecule has 5 heteroatoms. The van der Waals surface area contributed by atoms with Crippen LogP contribution in [0.25, 0.3) is 0 Å². The van der Waals surface area contributed by atoms with Crippen molar-refractivity contribution in [3.8, 4) is 0 Å². The average molecular weight is 389 g/mol. The predicted octanol–water partition coefficient (Wildman–Crippen LogP) is 5.54. The molecule has 0 aliphatic heterocycles. The van der Waals surface area contributed by atoms with Gasteiger partial charge >= 0.3 is 0 Å². The lowest BCUT2D eigenvalue weighted by atomic mass is 10.1. The largest absolute Gasteiger partial charge is 0.372 e. The summed E-state index contributed by atoms with van der Waals surface area (Å²) >= 11 is 0. The minimum Gasteiger partial charge on any atom is -0.372 e. The Labute approximate surface area is 172 Å². The van der Waals surface area contributed by atoms with Gasteiger partial charge in [-0.05, 0) is 69.2 Å². The smallest absolute Gasteiger partial charge is 0.257 e. The van der Waals surface area contributed by atoms with Crippen molar-refractivity contribution in [1.29, 1.82) is 0 Å². The van der Waals surface area contributed by atoms with E-state index >= 15 is 0 Å². The summed E-state index contributed by atoms with van der Waals surface area (Å²) in [5.41, 5.74) is 6.54. The summed E-state index contributed by atoms with van der Waals surface area (Å²) in [6.07, 6.45) is 3.30. The van der Waals surface area contributed by atoms with E-state index in [1.165, 1.54) is 0 Å². The number of pyridine rings is 1. The van der Waals surface area contributed by atoms with Gasteiger partial charge in [-0.25, -0.2) is 0 Å². The molecule has 0 spiro atoms. The number of nitrogens with one attached hydrogen (secondary N) is 2. The van der Waals surface area contributed by atoms with E-state index in [0.29, 0.717) is 5.56 Å². The Morgan fingerprint density at radius 1 is 0.931 bits per heavy atom. The highest BCUT2D eigenvalue weighted by Gasteiger charge is 2.10. The van der Waals surface area contributed by atoms with Crippen LogP contribution >= 0.6 is 0 Å². The predicted molar refractivity (Wildman–Crippen MR) is 121 cm³/mol. The van der Waals surface area contributed by atoms with Gasteiger partial charge in [-0.1, -0.05) is 18.2 Å². The van der Waals surface area contributed by atoms with Crippen molar-refractivity contribution in [2.75, 3.05) is 28.6 Å². The highest BCUT2D eigenvalue weighted by atomic mass is 16.1. The Morgan fingerprint density at radius 2 is 1.59 bits per heavy atom. The number of rotatable bonds is 7. The molecule has 0 aliphatic carbocycles. The molecule has 0 unspecified atom stereocenters. The van der Waals surface area contributed by atoms with Crippen LogP contribution in [0, 0.1) is 13.8 Å². The standard InChI is InChI=1S/C24H28N4O/c1-5-28(6-2)22-12-10-20(11-13-22)27-24(29)19-14-21(16-25-15-19)26-23-17(3)8-7-9-18(23)4/h7-16,26H,5-6H2,1-4H3,(H,27,29). The van der Waals surface area contributed by atoms with Gasteiger partial charge in [0.2, 0.25) is 0 Å². The zero-order chi connectivity index (χ0) is 20.8. The van der Waals surface area contributed by atoms with Crippen molar-refractivity contribution in [2.24, 2.45) is 0 Å². The minimum absolute atomic E-state index is 0.182. The van der Waals surface area contributed by atoms with Crippen LogP contribution in [0.15, 0.2) is 60.9 Å². The number of anilines is 4. The molecule has 0 bridgehead atoms. The number of hydrogen-bond acceptors (Lipinski definition) is 4. The summed E-state index contributed by atoms with van der Waals surface area (Å²) in [6.45, 7) is 10.3. The van der Waals surface area contributed by atoms with Crippen LogP contribution in [0.2, 0.25) is 0 Å². The summed E-state index contributed by atoms with van der Waals surface area (Å²) in [7, 11) is 0. The van der Waals surface area contributed by atoms with Crippen LogP contribution in [0.1, 0.15) is 35.3 Å². The second-order valence-electron chi connectivity index (χ2n) is 7.03. The molecular formula is C24H28N4O. The van der Waals surface area contributed by atoms with Crippen molar-refractivity contribution < 1.29 is 4.79 Å². The number of carbonyl (C=O) groups is 1. The molecule has 1 aromatic heterocycles. The maximum atomic E-state index is 12.7. The van der Waals surface area contributed by atoms with Gasteiger partial charge in [0.05, 0.1) is 17.4 Å². The summed E-state index contributed by atoms with van der Waals surface area (Å²) in [4.78, 5) is 19.2. The Kier molecular flexibility index (Phi) is 6.50. The molecule has 3 rings (SSSR count). The monoisotopic (exact) mass is 388 g/mol. The van der Waals surface area contributed by atoms with E-state index in [2.05, 4.69) is 60.3 Å². The van der Waals surface area contributed by atoms with Gasteiger partial charge in [-0.15, -0.1) is 0 Å². The average Bonchev–Trinajstić information content (AvgIpc) is 2.73. The first-order valence-electron chi connectivity index (χ1n) is 9.96. The molecular weight excluding hydrogens is 360 g/mol. The van der Waals surface area contributed by atoms with Crippen molar-refractivity contribution in [3.63, 3.8) is 0 Å². The number of nitrogens with zero attached hydrogens (tertiary/aromatic N) is 2. The van der Waals surface area contributed by atoms with E-state index in [4.69, 9.17) is 0 Å². The van der Waals surface area contributed by atoms with Gasteiger partial charge in [0.25, 0.3) is 5.91 Å². The quantitative estimate of drug-likeness (QED) is 0.558. The number of amides is 1.